The van der Waals surface area contributed by atoms with Crippen molar-refractivity contribution in [3.8, 4) is 28.3 Å². The quantitative estimate of drug-likeness (QED) is 0.0508. The van der Waals surface area contributed by atoms with E-state index in [1.165, 1.54) is 12.0 Å². The number of hydrogen-bond donors (Lipinski definition) is 1. The number of likely N-dealkylation sites (tertiary alicyclic amines) is 1. The Morgan fingerprint density at radius 1 is 0.738 bits per heavy atom. The molecule has 0 saturated carbocycles. The number of Topliss-reactive ketones (excluding diaryl/α,β-unsaturated/α-hetero) is 1. The van der Waals surface area contributed by atoms with Crippen molar-refractivity contribution in [3.63, 3.8) is 0 Å². The Morgan fingerprint density at radius 3 is 1.89 bits per heavy atom. The standard InChI is InChI=1S/C53H52N6O6/c1-4-17-47(60)49(54-52(51(62)64-3)34-16-35-58(52)48(61)36-38-26-32-44(33-27-38)65-37-63-2)40-30-28-39(29-31-40)45-24-14-15-25-46(45)50-55-56-57-59(50)53(41-18-8-5-9-19-41,42-20-10-6-11-21-42)43-22-12-7-13-23-43/h5-15,18-33,49,54H,4,16-17,34-37H2,1-3H3/t49-,52-/m0/s1. The zero-order chi connectivity index (χ0) is 45.2. The summed E-state index contributed by atoms with van der Waals surface area (Å²) in [5.74, 6) is 0.172. The first kappa shape index (κ1) is 44.3. The second kappa shape index (κ2) is 20.0. The Hall–Kier alpha value is -7.28. The fraction of sp³-hybridized carbons (Fsp3) is 0.245. The molecule has 0 aliphatic carbocycles. The maximum absolute atomic E-state index is 14.1. The van der Waals surface area contributed by atoms with Crippen molar-refractivity contribution in [2.45, 2.75) is 56.3 Å². The van der Waals surface area contributed by atoms with Gasteiger partial charge in [-0.05, 0) is 80.8 Å². The predicted molar refractivity (Wildman–Crippen MR) is 247 cm³/mol. The summed E-state index contributed by atoms with van der Waals surface area (Å²) < 4.78 is 17.8. The van der Waals surface area contributed by atoms with Gasteiger partial charge in [-0.25, -0.2) is 9.48 Å². The lowest BCUT2D eigenvalue weighted by molar-refractivity contribution is -0.163. The highest BCUT2D eigenvalue weighted by Gasteiger charge is 2.52. The Labute approximate surface area is 379 Å². The number of aromatic nitrogens is 4. The number of nitrogens with zero attached hydrogens (tertiary/aromatic N) is 5. The maximum Gasteiger partial charge on any atom is 0.347 e. The van der Waals surface area contributed by atoms with E-state index >= 15 is 0 Å². The van der Waals surface area contributed by atoms with Crippen molar-refractivity contribution in [2.24, 2.45) is 0 Å². The lowest BCUT2D eigenvalue weighted by atomic mass is 9.77. The van der Waals surface area contributed by atoms with Crippen molar-refractivity contribution >= 4 is 17.7 Å². The first-order valence-corrected chi connectivity index (χ1v) is 21.9. The van der Waals surface area contributed by atoms with E-state index in [-0.39, 0.29) is 37.7 Å². The first-order valence-electron chi connectivity index (χ1n) is 21.9. The number of rotatable bonds is 18. The van der Waals surface area contributed by atoms with Gasteiger partial charge in [-0.15, -0.1) is 5.10 Å². The number of ketones is 1. The topological polar surface area (TPSA) is 138 Å². The minimum Gasteiger partial charge on any atom is -0.468 e. The van der Waals surface area contributed by atoms with Crippen molar-refractivity contribution in [3.05, 3.63) is 192 Å². The number of hydrogen-bond acceptors (Lipinski definition) is 10. The van der Waals surface area contributed by atoms with Gasteiger partial charge in [0.1, 0.15) is 11.3 Å². The Kier molecular flexibility index (Phi) is 13.7. The molecule has 12 nitrogen and oxygen atoms in total. The zero-order valence-corrected chi connectivity index (χ0v) is 36.8. The number of benzene rings is 6. The lowest BCUT2D eigenvalue weighted by Crippen LogP contribution is -2.64. The van der Waals surface area contributed by atoms with E-state index in [0.717, 1.165) is 38.9 Å². The highest BCUT2D eigenvalue weighted by molar-refractivity contribution is 5.92. The summed E-state index contributed by atoms with van der Waals surface area (Å²) in [4.78, 5) is 43.7. The molecule has 330 valence electrons. The van der Waals surface area contributed by atoms with Crippen LogP contribution in [0.3, 0.4) is 0 Å². The maximum atomic E-state index is 14.1. The Balaban J connectivity index is 1.15. The molecule has 8 rings (SSSR count). The zero-order valence-electron chi connectivity index (χ0n) is 36.8. The second-order valence-corrected chi connectivity index (χ2v) is 16.1. The molecule has 0 unspecified atom stereocenters. The van der Waals surface area contributed by atoms with Crippen molar-refractivity contribution in [1.29, 1.82) is 0 Å². The van der Waals surface area contributed by atoms with Crippen molar-refractivity contribution < 1.29 is 28.6 Å². The van der Waals surface area contributed by atoms with Gasteiger partial charge in [-0.2, -0.15) is 0 Å². The molecule has 1 aliphatic heterocycles. The van der Waals surface area contributed by atoms with Crippen LogP contribution in [0, 0.1) is 0 Å². The summed E-state index contributed by atoms with van der Waals surface area (Å²) in [7, 11) is 2.85. The van der Waals surface area contributed by atoms with E-state index in [1.54, 1.807) is 19.2 Å². The average Bonchev–Trinajstić information content (AvgIpc) is 4.03. The normalized spacial score (nSPS) is 15.3. The third kappa shape index (κ3) is 8.83. The largest absolute Gasteiger partial charge is 0.468 e. The molecule has 65 heavy (non-hydrogen) atoms. The second-order valence-electron chi connectivity index (χ2n) is 16.1. The molecule has 1 aliphatic rings. The minimum atomic E-state index is -1.56. The summed E-state index contributed by atoms with van der Waals surface area (Å²) in [6, 6.07) is 52.8. The van der Waals surface area contributed by atoms with Crippen LogP contribution in [-0.4, -0.2) is 76.0 Å². The molecule has 0 radical (unpaired) electrons. The Bertz CT molecular complexity index is 2600. The van der Waals surface area contributed by atoms with Crippen molar-refractivity contribution in [2.75, 3.05) is 27.6 Å². The van der Waals surface area contributed by atoms with Gasteiger partial charge in [0.2, 0.25) is 5.91 Å². The van der Waals surface area contributed by atoms with Gasteiger partial charge < -0.3 is 19.1 Å². The van der Waals surface area contributed by atoms with E-state index in [1.807, 2.05) is 127 Å². The molecule has 1 aromatic heterocycles. The van der Waals surface area contributed by atoms with E-state index < -0.39 is 23.2 Å². The number of methoxy groups -OCH3 is 2. The molecule has 12 heteroatoms. The van der Waals surface area contributed by atoms with Crippen LogP contribution in [0.15, 0.2) is 164 Å². The number of carbonyl (C=O) groups is 3. The van der Waals surface area contributed by atoms with Gasteiger partial charge >= 0.3 is 5.97 Å². The summed E-state index contributed by atoms with van der Waals surface area (Å²) in [6.07, 6.45) is 1.73. The SMILES string of the molecule is CCCC(=O)[C@@H](N[C@@]1(C(=O)OC)CCCN1C(=O)Cc1ccc(OCOC)cc1)c1ccc(-c2ccccc2-c2nnnn2C(c2ccccc2)(c2ccccc2)c2ccccc2)cc1. The van der Waals surface area contributed by atoms with Crippen LogP contribution in [0.4, 0.5) is 0 Å². The first-order chi connectivity index (χ1) is 31.8. The van der Waals surface area contributed by atoms with Crippen LogP contribution in [0.5, 0.6) is 5.75 Å². The average molecular weight is 869 g/mol. The van der Waals surface area contributed by atoms with Gasteiger partial charge in [0, 0.05) is 25.6 Å². The van der Waals surface area contributed by atoms with E-state index in [9.17, 15) is 14.4 Å². The number of amides is 1. The molecule has 2 heterocycles. The summed E-state index contributed by atoms with van der Waals surface area (Å²) in [5.41, 5.74) is 4.38. The molecule has 1 fully saturated rings. The number of esters is 1. The number of ether oxygens (including phenoxy) is 3. The molecule has 7 aromatic rings. The van der Waals surface area contributed by atoms with Crippen LogP contribution < -0.4 is 10.1 Å². The van der Waals surface area contributed by atoms with E-state index in [2.05, 4.69) is 46.9 Å². The molecular formula is C53H52N6O6. The van der Waals surface area contributed by atoms with Gasteiger partial charge in [0.15, 0.2) is 24.1 Å². The van der Waals surface area contributed by atoms with Gasteiger partial charge in [0.05, 0.1) is 19.6 Å². The smallest absolute Gasteiger partial charge is 0.347 e. The molecule has 2 atom stereocenters. The van der Waals surface area contributed by atoms with Gasteiger partial charge in [-0.1, -0.05) is 159 Å². The highest BCUT2D eigenvalue weighted by Crippen LogP contribution is 2.44. The Morgan fingerprint density at radius 2 is 1.32 bits per heavy atom. The van der Waals surface area contributed by atoms with Crippen LogP contribution >= 0.6 is 0 Å². The summed E-state index contributed by atoms with van der Waals surface area (Å²) in [6.45, 7) is 2.37. The minimum absolute atomic E-state index is 0.0408. The van der Waals surface area contributed by atoms with E-state index in [0.29, 0.717) is 36.5 Å². The van der Waals surface area contributed by atoms with Gasteiger partial charge in [0.25, 0.3) is 0 Å². The lowest BCUT2D eigenvalue weighted by Gasteiger charge is -2.39. The number of tetrazole rings is 1. The molecule has 1 amide bonds. The summed E-state index contributed by atoms with van der Waals surface area (Å²) in [5, 5.41) is 17.2. The fourth-order valence-electron chi connectivity index (χ4n) is 9.10. The van der Waals surface area contributed by atoms with Crippen LogP contribution in [0.25, 0.3) is 22.5 Å². The van der Waals surface area contributed by atoms with Crippen LogP contribution in [-0.2, 0) is 35.8 Å². The molecule has 1 N–H and O–H groups in total. The molecule has 0 spiro atoms. The van der Waals surface area contributed by atoms with Crippen LogP contribution in [0.1, 0.15) is 66.5 Å². The summed E-state index contributed by atoms with van der Waals surface area (Å²) >= 11 is 0. The third-order valence-electron chi connectivity index (χ3n) is 12.1. The monoisotopic (exact) mass is 868 g/mol. The van der Waals surface area contributed by atoms with Gasteiger partial charge in [-0.3, -0.25) is 14.9 Å². The highest BCUT2D eigenvalue weighted by atomic mass is 16.7. The van der Waals surface area contributed by atoms with Crippen LogP contribution in [0.2, 0.25) is 0 Å². The molecule has 6 aromatic carbocycles. The molecule has 1 saturated heterocycles. The predicted octanol–water partition coefficient (Wildman–Crippen LogP) is 8.56. The van der Waals surface area contributed by atoms with E-state index in [4.69, 9.17) is 24.5 Å². The van der Waals surface area contributed by atoms with Crippen molar-refractivity contribution in [1.82, 2.24) is 30.4 Å². The molecular weight excluding hydrogens is 817 g/mol. The molecule has 0 bridgehead atoms. The third-order valence-corrected chi connectivity index (χ3v) is 12.1. The number of nitrogens with one attached hydrogen (secondary N) is 1. The number of carbonyl (C=O) groups excluding carboxylic acids is 3. The fourth-order valence-corrected chi connectivity index (χ4v) is 9.10.